The van der Waals surface area contributed by atoms with E-state index in [0.29, 0.717) is 18.4 Å². The van der Waals surface area contributed by atoms with Crippen molar-refractivity contribution in [3.05, 3.63) is 41.1 Å². The second kappa shape index (κ2) is 7.06. The monoisotopic (exact) mass is 380 g/mol. The summed E-state index contributed by atoms with van der Waals surface area (Å²) in [6.07, 6.45) is -4.48. The Morgan fingerprint density at radius 1 is 1.22 bits per heavy atom. The number of nitriles is 1. The summed E-state index contributed by atoms with van der Waals surface area (Å²) in [4.78, 5) is 22.4. The second-order valence-electron chi connectivity index (χ2n) is 5.81. The van der Waals surface area contributed by atoms with Crippen LogP contribution in [0.5, 0.6) is 5.88 Å². The lowest BCUT2D eigenvalue weighted by molar-refractivity contribution is -0.193. The third-order valence-electron chi connectivity index (χ3n) is 4.02. The standard InChI is InChI=1S/C16H11F3N4O4/c17-16(18,19)15(25)27-14(24)12-13(22-23-21-12)26-11-5-10(6-11)9-3-1-8(7-20)2-4-9/h1-4,10-11H,5-6H2,(H,21,22,23). The molecule has 8 nitrogen and oxygen atoms in total. The SMILES string of the molecule is N#Cc1ccc(C2CC(Oc3nn[nH]c3C(=O)OC(=O)C(F)(F)F)C2)cc1. The predicted molar refractivity (Wildman–Crippen MR) is 80.4 cm³/mol. The Hall–Kier alpha value is -3.42. The molecule has 1 fully saturated rings. The number of carbonyl (C=O) groups excluding carboxylic acids is 2. The summed E-state index contributed by atoms with van der Waals surface area (Å²) in [6.45, 7) is 0. The van der Waals surface area contributed by atoms with Crippen molar-refractivity contribution in [1.29, 1.82) is 5.26 Å². The number of hydrogen-bond acceptors (Lipinski definition) is 7. The van der Waals surface area contributed by atoms with Crippen LogP contribution in [0.15, 0.2) is 24.3 Å². The molecule has 2 aromatic rings. The number of aromatic nitrogens is 3. The average Bonchev–Trinajstić information content (AvgIpc) is 3.05. The molecule has 1 heterocycles. The molecule has 0 unspecified atom stereocenters. The van der Waals surface area contributed by atoms with E-state index in [0.717, 1.165) is 5.56 Å². The van der Waals surface area contributed by atoms with Crippen LogP contribution in [0, 0.1) is 11.3 Å². The fraction of sp³-hybridized carbons (Fsp3) is 0.312. The predicted octanol–water partition coefficient (Wildman–Crippen LogP) is 2.25. The third-order valence-corrected chi connectivity index (χ3v) is 4.02. The summed E-state index contributed by atoms with van der Waals surface area (Å²) < 4.78 is 45.7. The van der Waals surface area contributed by atoms with Crippen molar-refractivity contribution in [1.82, 2.24) is 15.4 Å². The van der Waals surface area contributed by atoms with Gasteiger partial charge in [-0.2, -0.15) is 18.4 Å². The summed E-state index contributed by atoms with van der Waals surface area (Å²) in [5, 5.41) is 17.6. The van der Waals surface area contributed by atoms with E-state index in [4.69, 9.17) is 10.00 Å². The molecule has 0 aliphatic heterocycles. The highest BCUT2D eigenvalue weighted by atomic mass is 19.4. The number of rotatable bonds is 4. The molecule has 0 amide bonds. The molecule has 0 bridgehead atoms. The van der Waals surface area contributed by atoms with Gasteiger partial charge in [-0.25, -0.2) is 14.7 Å². The van der Waals surface area contributed by atoms with Crippen LogP contribution in [0.1, 0.15) is 40.4 Å². The topological polar surface area (TPSA) is 118 Å². The smallest absolute Gasteiger partial charge is 0.472 e. The van der Waals surface area contributed by atoms with Crippen LogP contribution in [-0.2, 0) is 9.53 Å². The maximum atomic E-state index is 12.2. The van der Waals surface area contributed by atoms with Crippen molar-refractivity contribution in [2.75, 3.05) is 0 Å². The van der Waals surface area contributed by atoms with Gasteiger partial charge in [0, 0.05) is 0 Å². The molecule has 0 spiro atoms. The van der Waals surface area contributed by atoms with Gasteiger partial charge in [-0.05, 0) is 36.5 Å². The third kappa shape index (κ3) is 4.05. The minimum absolute atomic E-state index is 0.178. The number of nitrogens with zero attached hydrogens (tertiary/aromatic N) is 3. The van der Waals surface area contributed by atoms with E-state index >= 15 is 0 Å². The van der Waals surface area contributed by atoms with Gasteiger partial charge in [-0.15, -0.1) is 0 Å². The normalized spacial score (nSPS) is 18.9. The van der Waals surface area contributed by atoms with E-state index in [2.05, 4.69) is 20.1 Å². The average molecular weight is 380 g/mol. The minimum atomic E-state index is -5.30. The Morgan fingerprint density at radius 2 is 1.89 bits per heavy atom. The van der Waals surface area contributed by atoms with Gasteiger partial charge in [0.25, 0.3) is 5.88 Å². The summed E-state index contributed by atoms with van der Waals surface area (Å²) in [6, 6.07) is 9.10. The number of esters is 2. The molecule has 140 valence electrons. The Labute approximate surface area is 149 Å². The van der Waals surface area contributed by atoms with Crippen molar-refractivity contribution < 1.29 is 32.2 Å². The summed E-state index contributed by atoms with van der Waals surface area (Å²) in [5.41, 5.74) is 0.990. The number of nitrogens with one attached hydrogen (secondary N) is 1. The molecule has 0 atom stereocenters. The van der Waals surface area contributed by atoms with Gasteiger partial charge in [-0.3, -0.25) is 0 Å². The van der Waals surface area contributed by atoms with E-state index in [1.54, 1.807) is 12.1 Å². The van der Waals surface area contributed by atoms with Crippen LogP contribution >= 0.6 is 0 Å². The maximum Gasteiger partial charge on any atom is 0.491 e. The van der Waals surface area contributed by atoms with Gasteiger partial charge in [0.15, 0.2) is 0 Å². The van der Waals surface area contributed by atoms with Crippen LogP contribution in [0.4, 0.5) is 13.2 Å². The van der Waals surface area contributed by atoms with Gasteiger partial charge in [0.1, 0.15) is 6.10 Å². The molecule has 1 N–H and O–H groups in total. The number of hydrogen-bond donors (Lipinski definition) is 1. The fourth-order valence-corrected chi connectivity index (χ4v) is 2.55. The van der Waals surface area contributed by atoms with Gasteiger partial charge < -0.3 is 9.47 Å². The van der Waals surface area contributed by atoms with Gasteiger partial charge in [0.05, 0.1) is 11.6 Å². The summed E-state index contributed by atoms with van der Waals surface area (Å²) in [7, 11) is 0. The first-order chi connectivity index (χ1) is 12.8. The zero-order valence-electron chi connectivity index (χ0n) is 13.5. The lowest BCUT2D eigenvalue weighted by Crippen LogP contribution is -2.33. The molecule has 1 saturated carbocycles. The number of ether oxygens (including phenoxy) is 2. The number of carbonyl (C=O) groups is 2. The number of H-pyrrole nitrogens is 1. The lowest BCUT2D eigenvalue weighted by Gasteiger charge is -2.35. The number of benzene rings is 1. The molecule has 1 aromatic carbocycles. The quantitative estimate of drug-likeness (QED) is 0.638. The highest BCUT2D eigenvalue weighted by Gasteiger charge is 2.43. The van der Waals surface area contributed by atoms with E-state index in [1.807, 2.05) is 18.2 Å². The first kappa shape index (κ1) is 18.4. The first-order valence-corrected chi connectivity index (χ1v) is 7.69. The van der Waals surface area contributed by atoms with E-state index in [-0.39, 0.29) is 17.9 Å². The summed E-state index contributed by atoms with van der Waals surface area (Å²) >= 11 is 0. The van der Waals surface area contributed by atoms with Gasteiger partial charge in [-0.1, -0.05) is 22.4 Å². The van der Waals surface area contributed by atoms with Crippen LogP contribution < -0.4 is 4.74 Å². The van der Waals surface area contributed by atoms with Crippen molar-refractivity contribution >= 4 is 11.9 Å². The highest BCUT2D eigenvalue weighted by molar-refractivity contribution is 5.98. The number of aromatic amines is 1. The number of alkyl halides is 3. The minimum Gasteiger partial charge on any atom is -0.472 e. The summed E-state index contributed by atoms with van der Waals surface area (Å²) in [5.74, 6) is -4.38. The molecule has 27 heavy (non-hydrogen) atoms. The van der Waals surface area contributed by atoms with Crippen molar-refractivity contribution in [3.63, 3.8) is 0 Å². The molecule has 3 rings (SSSR count). The molecular weight excluding hydrogens is 369 g/mol. The van der Waals surface area contributed by atoms with Crippen LogP contribution in [0.25, 0.3) is 0 Å². The van der Waals surface area contributed by atoms with Crippen molar-refractivity contribution in [2.24, 2.45) is 0 Å². The van der Waals surface area contributed by atoms with E-state index in [1.165, 1.54) is 0 Å². The van der Waals surface area contributed by atoms with Crippen molar-refractivity contribution in [2.45, 2.75) is 31.0 Å². The van der Waals surface area contributed by atoms with Gasteiger partial charge >= 0.3 is 18.1 Å². The van der Waals surface area contributed by atoms with Crippen LogP contribution in [0.3, 0.4) is 0 Å². The zero-order chi connectivity index (χ0) is 19.6. The first-order valence-electron chi connectivity index (χ1n) is 7.69. The van der Waals surface area contributed by atoms with Crippen LogP contribution in [-0.4, -0.2) is 39.6 Å². The number of halogens is 3. The molecule has 1 aromatic heterocycles. The lowest BCUT2D eigenvalue weighted by atomic mass is 9.77. The zero-order valence-corrected chi connectivity index (χ0v) is 13.5. The molecule has 0 radical (unpaired) electrons. The molecule has 1 aliphatic rings. The van der Waals surface area contributed by atoms with E-state index in [9.17, 15) is 22.8 Å². The Bertz CT molecular complexity index is 896. The fourth-order valence-electron chi connectivity index (χ4n) is 2.55. The Balaban J connectivity index is 1.57. The molecule has 0 saturated heterocycles. The molecule has 11 heteroatoms. The van der Waals surface area contributed by atoms with Crippen LogP contribution in [0.2, 0.25) is 0 Å². The van der Waals surface area contributed by atoms with E-state index < -0.39 is 23.8 Å². The van der Waals surface area contributed by atoms with Gasteiger partial charge in [0.2, 0.25) is 5.69 Å². The highest BCUT2D eigenvalue weighted by Crippen LogP contribution is 2.39. The Morgan fingerprint density at radius 3 is 2.48 bits per heavy atom. The maximum absolute atomic E-state index is 12.2. The molecular formula is C16H11F3N4O4. The van der Waals surface area contributed by atoms with Crippen molar-refractivity contribution in [3.8, 4) is 11.9 Å². The molecule has 1 aliphatic carbocycles. The second-order valence-corrected chi connectivity index (χ2v) is 5.81. The largest absolute Gasteiger partial charge is 0.491 e. The Kier molecular flexibility index (Phi) is 4.81.